The lowest BCUT2D eigenvalue weighted by atomic mass is 10.3. The van der Waals surface area contributed by atoms with Gasteiger partial charge in [-0.25, -0.2) is 8.78 Å². The van der Waals surface area contributed by atoms with Crippen LogP contribution in [0.5, 0.6) is 0 Å². The van der Waals surface area contributed by atoms with Crippen molar-refractivity contribution in [3.05, 3.63) is 29.8 Å². The Bertz CT molecular complexity index is 219. The molecule has 0 amide bonds. The van der Waals surface area contributed by atoms with Gasteiger partial charge >= 0.3 is 0 Å². The van der Waals surface area contributed by atoms with E-state index in [1.807, 2.05) is 0 Å². The summed E-state index contributed by atoms with van der Waals surface area (Å²) in [7, 11) is -0.807. The van der Waals surface area contributed by atoms with Gasteiger partial charge in [-0.2, -0.15) is 8.81 Å². The van der Waals surface area contributed by atoms with Gasteiger partial charge in [0.25, 0.3) is 0 Å². The Hall–Kier alpha value is -0.530. The van der Waals surface area contributed by atoms with E-state index < -0.39 is 20.4 Å². The second-order valence-corrected chi connectivity index (χ2v) is 2.54. The molecule has 1 unspecified atom stereocenters. The highest BCUT2D eigenvalue weighted by molar-refractivity contribution is 7.39. The maximum absolute atomic E-state index is 12.2. The summed E-state index contributed by atoms with van der Waals surface area (Å²) in [6, 6.07) is 2.81. The molecule has 0 saturated heterocycles. The fourth-order valence-corrected chi connectivity index (χ4v) is 1.01. The number of hydrogen-bond donors (Lipinski definition) is 0. The zero-order valence-electron chi connectivity index (χ0n) is 4.90. The van der Waals surface area contributed by atoms with Crippen LogP contribution in [0.15, 0.2) is 18.2 Å². The van der Waals surface area contributed by atoms with E-state index in [1.165, 1.54) is 0 Å². The Morgan fingerprint density at radius 3 is 2.00 bits per heavy atom. The predicted molar refractivity (Wildman–Crippen MR) is 34.3 cm³/mol. The number of benzene rings is 1. The summed E-state index contributed by atoms with van der Waals surface area (Å²) in [5, 5.41) is 0.164. The summed E-state index contributed by atoms with van der Waals surface area (Å²) < 4.78 is 24.5. The largest absolute Gasteiger partial charge is 0.828 e. The second kappa shape index (κ2) is 3.04. The van der Waals surface area contributed by atoms with Crippen molar-refractivity contribution in [2.75, 3.05) is 0 Å². The van der Waals surface area contributed by atoms with Gasteiger partial charge in [-0.15, -0.1) is 0 Å². The van der Waals surface area contributed by atoms with Crippen molar-refractivity contribution < 1.29 is 13.7 Å². The number of halogens is 2. The fourth-order valence-electron chi connectivity index (χ4n) is 0.613. The van der Waals surface area contributed by atoms with E-state index in [9.17, 15) is 13.7 Å². The van der Waals surface area contributed by atoms with Crippen molar-refractivity contribution in [1.29, 1.82) is 0 Å². The highest BCUT2D eigenvalue weighted by atomic mass is 31.1. The van der Waals surface area contributed by atoms with E-state index >= 15 is 0 Å². The summed E-state index contributed by atoms with van der Waals surface area (Å²) in [5.41, 5.74) is 0. The quantitative estimate of drug-likeness (QED) is 0.551. The Balaban J connectivity index is 3.06. The van der Waals surface area contributed by atoms with Gasteiger partial charge in [0, 0.05) is 6.07 Å². The van der Waals surface area contributed by atoms with E-state index in [4.69, 9.17) is 0 Å². The highest BCUT2D eigenvalue weighted by Gasteiger charge is 1.95. The topological polar surface area (TPSA) is 23.1 Å². The van der Waals surface area contributed by atoms with Crippen LogP contribution in [0.2, 0.25) is 0 Å². The van der Waals surface area contributed by atoms with Crippen molar-refractivity contribution in [1.82, 2.24) is 0 Å². The van der Waals surface area contributed by atoms with Crippen LogP contribution < -0.4 is 10.2 Å². The minimum absolute atomic E-state index is 0.164. The van der Waals surface area contributed by atoms with E-state index in [0.29, 0.717) is 0 Å². The Morgan fingerprint density at radius 2 is 1.60 bits per heavy atom. The molecule has 54 valence electrons. The molecule has 0 aliphatic rings. The molecular weight excluding hydrogens is 157 g/mol. The molecule has 1 nitrogen and oxygen atoms in total. The SMILES string of the molecule is [O-]Pc1cc(F)cc(F)c1. The summed E-state index contributed by atoms with van der Waals surface area (Å²) >= 11 is 0. The van der Waals surface area contributed by atoms with Crippen LogP contribution in [-0.4, -0.2) is 0 Å². The van der Waals surface area contributed by atoms with Crippen molar-refractivity contribution in [2.24, 2.45) is 0 Å². The van der Waals surface area contributed by atoms with Crippen LogP contribution >= 0.6 is 8.81 Å². The molecule has 0 radical (unpaired) electrons. The van der Waals surface area contributed by atoms with Gasteiger partial charge in [-0.3, -0.25) is 0 Å². The van der Waals surface area contributed by atoms with Gasteiger partial charge in [-0.1, -0.05) is 0 Å². The molecule has 0 heterocycles. The molecule has 10 heavy (non-hydrogen) atoms. The minimum atomic E-state index is -0.807. The van der Waals surface area contributed by atoms with Crippen LogP contribution in [0.25, 0.3) is 0 Å². The molecule has 0 saturated carbocycles. The molecule has 0 aliphatic carbocycles. The molecule has 0 aromatic heterocycles. The molecule has 1 aromatic carbocycles. The first kappa shape index (κ1) is 7.58. The van der Waals surface area contributed by atoms with Crippen LogP contribution in [-0.2, 0) is 0 Å². The molecule has 1 aromatic rings. The van der Waals surface area contributed by atoms with Crippen molar-refractivity contribution in [3.63, 3.8) is 0 Å². The average Bonchev–Trinajstić information content (AvgIpc) is 1.85. The normalized spacial score (nSPS) is 11.1. The Labute approximate surface area is 58.6 Å². The van der Waals surface area contributed by atoms with Gasteiger partial charge in [0.2, 0.25) is 0 Å². The summed E-state index contributed by atoms with van der Waals surface area (Å²) in [5.74, 6) is -1.39. The van der Waals surface area contributed by atoms with Gasteiger partial charge in [0.15, 0.2) is 0 Å². The molecule has 1 rings (SSSR count). The Morgan fingerprint density at radius 1 is 1.10 bits per heavy atom. The maximum Gasteiger partial charge on any atom is 0.126 e. The predicted octanol–water partition coefficient (Wildman–Crippen LogP) is 0.544. The molecule has 1 atom stereocenters. The summed E-state index contributed by atoms with van der Waals surface area (Å²) in [6.45, 7) is 0. The maximum atomic E-state index is 12.2. The molecule has 4 heteroatoms. The van der Waals surface area contributed by atoms with Crippen LogP contribution in [0.1, 0.15) is 0 Å². The van der Waals surface area contributed by atoms with Crippen LogP contribution in [0, 0.1) is 11.6 Å². The first-order valence-electron chi connectivity index (χ1n) is 2.56. The van der Waals surface area contributed by atoms with Gasteiger partial charge in [0.1, 0.15) is 11.6 Å². The standard InChI is InChI=1S/C6H4F2OP/c7-4-1-5(8)3-6(2-4)10-9/h1-3,10H/q-1. The molecule has 0 fully saturated rings. The molecular formula is C6H4F2OP-. The highest BCUT2D eigenvalue weighted by Crippen LogP contribution is 2.04. The summed E-state index contributed by atoms with van der Waals surface area (Å²) in [6.07, 6.45) is 0. The molecule has 0 spiro atoms. The van der Waals surface area contributed by atoms with Gasteiger partial charge < -0.3 is 4.89 Å². The lowest BCUT2D eigenvalue weighted by molar-refractivity contribution is -0.147. The van der Waals surface area contributed by atoms with E-state index in [1.54, 1.807) is 0 Å². The third-order valence-electron chi connectivity index (χ3n) is 0.980. The van der Waals surface area contributed by atoms with Crippen LogP contribution in [0.4, 0.5) is 8.78 Å². The first-order chi connectivity index (χ1) is 4.72. The van der Waals surface area contributed by atoms with Crippen molar-refractivity contribution in [3.8, 4) is 0 Å². The van der Waals surface area contributed by atoms with E-state index in [0.717, 1.165) is 18.2 Å². The van der Waals surface area contributed by atoms with Gasteiger partial charge in [0.05, 0.1) is 0 Å². The Kier molecular flexibility index (Phi) is 2.30. The number of hydrogen-bond acceptors (Lipinski definition) is 1. The second-order valence-electron chi connectivity index (χ2n) is 1.76. The van der Waals surface area contributed by atoms with Crippen molar-refractivity contribution >= 4 is 14.1 Å². The fraction of sp³-hybridized carbons (Fsp3) is 0. The monoisotopic (exact) mass is 161 g/mol. The zero-order chi connectivity index (χ0) is 7.56. The zero-order valence-corrected chi connectivity index (χ0v) is 5.90. The third kappa shape index (κ3) is 1.72. The first-order valence-corrected chi connectivity index (χ1v) is 3.47. The average molecular weight is 161 g/mol. The van der Waals surface area contributed by atoms with Crippen molar-refractivity contribution in [2.45, 2.75) is 0 Å². The van der Waals surface area contributed by atoms with E-state index in [2.05, 4.69) is 0 Å². The van der Waals surface area contributed by atoms with Gasteiger partial charge in [-0.05, 0) is 17.4 Å². The smallest absolute Gasteiger partial charge is 0.126 e. The summed E-state index contributed by atoms with van der Waals surface area (Å²) in [4.78, 5) is 10.1. The van der Waals surface area contributed by atoms with E-state index in [-0.39, 0.29) is 5.30 Å². The third-order valence-corrected chi connectivity index (χ3v) is 1.50. The molecule has 0 bridgehead atoms. The lowest BCUT2D eigenvalue weighted by Gasteiger charge is -2.03. The number of rotatable bonds is 1. The lowest BCUT2D eigenvalue weighted by Crippen LogP contribution is -2.02. The van der Waals surface area contributed by atoms with Crippen LogP contribution in [0.3, 0.4) is 0 Å². The molecule has 0 N–H and O–H groups in total. The minimum Gasteiger partial charge on any atom is -0.828 e. The molecule has 0 aliphatic heterocycles.